The number of fused-ring (bicyclic) bond motifs is 4. The summed E-state index contributed by atoms with van der Waals surface area (Å²) in [5, 5.41) is 14.2. The van der Waals surface area contributed by atoms with Gasteiger partial charge in [-0.2, -0.15) is 0 Å². The fraction of sp³-hybridized carbons (Fsp3) is 0.292. The molecule has 4 N–H and O–H groups in total. The van der Waals surface area contributed by atoms with Gasteiger partial charge in [0, 0.05) is 47.5 Å². The summed E-state index contributed by atoms with van der Waals surface area (Å²) in [5.41, 5.74) is 9.59. The normalized spacial score (nSPS) is 13.0. The highest BCUT2D eigenvalue weighted by Crippen LogP contribution is 2.37. The molecule has 2 aromatic heterocycles. The zero-order chi connectivity index (χ0) is 23.9. The van der Waals surface area contributed by atoms with Gasteiger partial charge in [0.2, 0.25) is 0 Å². The van der Waals surface area contributed by atoms with Gasteiger partial charge in [0.05, 0.1) is 35.7 Å². The molecule has 0 aliphatic carbocycles. The molecule has 0 fully saturated rings. The molecule has 1 aliphatic rings. The van der Waals surface area contributed by atoms with Crippen LogP contribution in [-0.2, 0) is 29.2 Å². The van der Waals surface area contributed by atoms with Crippen molar-refractivity contribution < 1.29 is 19.0 Å². The van der Waals surface area contributed by atoms with Crippen molar-refractivity contribution in [3.8, 4) is 11.4 Å². The zero-order valence-corrected chi connectivity index (χ0v) is 18.4. The van der Waals surface area contributed by atoms with Gasteiger partial charge < -0.3 is 30.3 Å². The van der Waals surface area contributed by atoms with Crippen LogP contribution in [0.3, 0.4) is 0 Å². The smallest absolute Gasteiger partial charge is 0.257 e. The predicted octanol–water partition coefficient (Wildman–Crippen LogP) is 2.54. The van der Waals surface area contributed by atoms with E-state index < -0.39 is 11.9 Å². The Labute approximate surface area is 189 Å². The molecule has 0 saturated heterocycles. The van der Waals surface area contributed by atoms with Crippen LogP contribution in [0.4, 0.5) is 10.1 Å². The number of aldehydes is 1. The summed E-state index contributed by atoms with van der Waals surface area (Å²) in [6.45, 7) is 6.51. The number of aliphatic hydroxyl groups is 1. The monoisotopic (exact) mass is 452 g/mol. The van der Waals surface area contributed by atoms with Gasteiger partial charge in [0.25, 0.3) is 5.56 Å². The van der Waals surface area contributed by atoms with Crippen LogP contribution in [0.5, 0.6) is 0 Å². The molecule has 0 spiro atoms. The number of hydrogen-bond acceptors (Lipinski definition) is 7. The Morgan fingerprint density at radius 2 is 2.18 bits per heavy atom. The molecule has 8 nitrogen and oxygen atoms in total. The lowest BCUT2D eigenvalue weighted by molar-refractivity contribution is -0.115. The van der Waals surface area contributed by atoms with Crippen molar-refractivity contribution in [2.75, 3.05) is 12.8 Å². The Kier molecular flexibility index (Phi) is 6.01. The minimum atomic E-state index is -1.48. The number of pyridine rings is 2. The number of hydrogen-bond donors (Lipinski definition) is 3. The second-order valence-electron chi connectivity index (χ2n) is 7.99. The van der Waals surface area contributed by atoms with Gasteiger partial charge in [-0.15, -0.1) is 0 Å². The van der Waals surface area contributed by atoms with E-state index in [4.69, 9.17) is 10.5 Å². The first kappa shape index (κ1) is 22.6. The first-order chi connectivity index (χ1) is 15.8. The number of ether oxygens (including phenoxy) is 1. The molecule has 0 radical (unpaired) electrons. The molecular formula is C24H25FN4O4. The minimum absolute atomic E-state index is 0.00580. The first-order valence-electron chi connectivity index (χ1n) is 10.5. The van der Waals surface area contributed by atoms with E-state index in [0.717, 1.165) is 23.2 Å². The van der Waals surface area contributed by atoms with Crippen LogP contribution in [0.1, 0.15) is 41.7 Å². The molecule has 1 unspecified atom stereocenters. The first-order valence-corrected chi connectivity index (χ1v) is 10.5. The van der Waals surface area contributed by atoms with Gasteiger partial charge in [0.1, 0.15) is 11.9 Å². The second-order valence-corrected chi connectivity index (χ2v) is 7.99. The molecule has 1 aromatic carbocycles. The molecule has 3 aromatic rings. The van der Waals surface area contributed by atoms with Gasteiger partial charge in [-0.25, -0.2) is 9.37 Å². The third-order valence-electron chi connectivity index (χ3n) is 5.99. The maximum atomic E-state index is 14.3. The summed E-state index contributed by atoms with van der Waals surface area (Å²) in [5.74, 6) is -0.588. The molecule has 0 bridgehead atoms. The van der Waals surface area contributed by atoms with E-state index in [9.17, 15) is 19.1 Å². The van der Waals surface area contributed by atoms with E-state index in [0.29, 0.717) is 35.1 Å². The molecule has 3 heterocycles. The number of nitrogens with zero attached hydrogens (tertiary/aromatic N) is 2. The molecule has 172 valence electrons. The number of nitrogens with one attached hydrogen (secondary N) is 1. The standard InChI is InChI=1S/C24H25FN4O4/c1-4-12(2)27-8-15-13-5-19(26)18(25)7-20(13)28-23-16(15)9-29-21(23)6-14(22(31)10-30)17(11-33-3)24(29)32/h5-7,10,22,27,31H,2,4,8-9,11,26H2,1,3H3. The summed E-state index contributed by atoms with van der Waals surface area (Å²) >= 11 is 0. The van der Waals surface area contributed by atoms with E-state index in [-0.39, 0.29) is 35.5 Å². The Hall–Kier alpha value is -3.56. The maximum absolute atomic E-state index is 14.3. The number of allylic oxidation sites excluding steroid dienone is 1. The molecule has 0 saturated carbocycles. The van der Waals surface area contributed by atoms with Crippen LogP contribution < -0.4 is 16.6 Å². The number of aromatic nitrogens is 2. The van der Waals surface area contributed by atoms with Crippen molar-refractivity contribution in [1.29, 1.82) is 0 Å². The number of aliphatic hydroxyl groups excluding tert-OH is 1. The van der Waals surface area contributed by atoms with E-state index in [1.165, 1.54) is 17.7 Å². The van der Waals surface area contributed by atoms with Gasteiger partial charge in [-0.3, -0.25) is 4.79 Å². The largest absolute Gasteiger partial charge is 0.396 e. The van der Waals surface area contributed by atoms with Gasteiger partial charge in [-0.1, -0.05) is 13.5 Å². The number of carbonyl (C=O) groups is 1. The Morgan fingerprint density at radius 1 is 1.42 bits per heavy atom. The van der Waals surface area contributed by atoms with Crippen LogP contribution >= 0.6 is 0 Å². The lowest BCUT2D eigenvalue weighted by Gasteiger charge is -2.15. The quantitative estimate of drug-likeness (QED) is 0.278. The number of nitrogens with two attached hydrogens (primary N) is 1. The number of anilines is 1. The van der Waals surface area contributed by atoms with E-state index in [1.54, 1.807) is 12.1 Å². The lowest BCUT2D eigenvalue weighted by Crippen LogP contribution is -2.26. The lowest BCUT2D eigenvalue weighted by atomic mass is 9.98. The zero-order valence-electron chi connectivity index (χ0n) is 18.4. The van der Waals surface area contributed by atoms with Gasteiger partial charge in [0.15, 0.2) is 6.29 Å². The molecule has 4 rings (SSSR count). The fourth-order valence-electron chi connectivity index (χ4n) is 4.18. The van der Waals surface area contributed by atoms with E-state index in [1.807, 2.05) is 6.92 Å². The van der Waals surface area contributed by atoms with E-state index >= 15 is 0 Å². The van der Waals surface area contributed by atoms with Crippen molar-refractivity contribution in [1.82, 2.24) is 14.9 Å². The number of rotatable bonds is 8. The molecule has 33 heavy (non-hydrogen) atoms. The second kappa shape index (κ2) is 8.76. The van der Waals surface area contributed by atoms with Crippen LogP contribution in [0.15, 0.2) is 35.3 Å². The van der Waals surface area contributed by atoms with Crippen molar-refractivity contribution in [2.24, 2.45) is 0 Å². The average Bonchev–Trinajstić information content (AvgIpc) is 3.17. The Morgan fingerprint density at radius 3 is 2.85 bits per heavy atom. The number of halogens is 1. The van der Waals surface area contributed by atoms with Gasteiger partial charge >= 0.3 is 0 Å². The summed E-state index contributed by atoms with van der Waals surface area (Å²) in [6, 6.07) is 4.40. The highest BCUT2D eigenvalue weighted by atomic mass is 19.1. The molecule has 1 atom stereocenters. The molecule has 0 amide bonds. The highest BCUT2D eigenvalue weighted by Gasteiger charge is 2.29. The van der Waals surface area contributed by atoms with Crippen molar-refractivity contribution in [3.05, 3.63) is 68.9 Å². The van der Waals surface area contributed by atoms with Crippen LogP contribution in [0.25, 0.3) is 22.3 Å². The van der Waals surface area contributed by atoms with E-state index in [2.05, 4.69) is 16.9 Å². The van der Waals surface area contributed by atoms with Crippen LogP contribution in [-0.4, -0.2) is 28.1 Å². The third kappa shape index (κ3) is 3.79. The fourth-order valence-corrected chi connectivity index (χ4v) is 4.18. The summed E-state index contributed by atoms with van der Waals surface area (Å²) in [7, 11) is 1.43. The third-order valence-corrected chi connectivity index (χ3v) is 5.99. The summed E-state index contributed by atoms with van der Waals surface area (Å²) in [4.78, 5) is 29.3. The summed E-state index contributed by atoms with van der Waals surface area (Å²) < 4.78 is 21.0. The number of carbonyl (C=O) groups excluding carboxylic acids is 1. The Balaban J connectivity index is 2.00. The molecular weight excluding hydrogens is 427 g/mol. The average molecular weight is 452 g/mol. The molecule has 9 heteroatoms. The van der Waals surface area contributed by atoms with Gasteiger partial charge in [-0.05, 0) is 24.1 Å². The topological polar surface area (TPSA) is 119 Å². The highest BCUT2D eigenvalue weighted by molar-refractivity contribution is 5.90. The van der Waals surface area contributed by atoms with Crippen LogP contribution in [0, 0.1) is 5.82 Å². The summed E-state index contributed by atoms with van der Waals surface area (Å²) in [6.07, 6.45) is -0.391. The van der Waals surface area contributed by atoms with Crippen molar-refractivity contribution >= 4 is 22.9 Å². The van der Waals surface area contributed by atoms with Crippen molar-refractivity contribution in [2.45, 2.75) is 39.1 Å². The number of methoxy groups -OCH3 is 1. The SMILES string of the molecule is C=C(CC)NCc1c2c(nc3cc(F)c(N)cc13)-c1cc(C(O)C=O)c(COC)c(=O)n1C2. The number of nitrogen functional groups attached to an aromatic ring is 1. The van der Waals surface area contributed by atoms with Crippen molar-refractivity contribution in [3.63, 3.8) is 0 Å². The van der Waals surface area contributed by atoms with Crippen LogP contribution in [0.2, 0.25) is 0 Å². The predicted molar refractivity (Wildman–Crippen MR) is 123 cm³/mol. The molecule has 1 aliphatic heterocycles. The maximum Gasteiger partial charge on any atom is 0.257 e. The minimum Gasteiger partial charge on any atom is -0.396 e. The number of benzene rings is 1. The Bertz CT molecular complexity index is 1350.